The van der Waals surface area contributed by atoms with Crippen molar-refractivity contribution in [2.75, 3.05) is 0 Å². The molecule has 0 aromatic carbocycles. The standard InChI is InChI=1S/C7H8N2/c1-2-3-7-4-8-6-9-5-7/h2-6H,1H3/b3-2+. The molecule has 0 spiro atoms. The van der Waals surface area contributed by atoms with Crippen LogP contribution in [0.4, 0.5) is 0 Å². The first-order valence-corrected chi connectivity index (χ1v) is 2.81. The largest absolute Gasteiger partial charge is 0.244 e. The highest BCUT2D eigenvalue weighted by molar-refractivity contribution is 5.45. The number of hydrogen-bond acceptors (Lipinski definition) is 2. The summed E-state index contributed by atoms with van der Waals surface area (Å²) in [6.45, 7) is 1.97. The van der Waals surface area contributed by atoms with Gasteiger partial charge < -0.3 is 0 Å². The van der Waals surface area contributed by atoms with Gasteiger partial charge in [0, 0.05) is 18.0 Å². The lowest BCUT2D eigenvalue weighted by Crippen LogP contribution is -1.76. The van der Waals surface area contributed by atoms with Crippen molar-refractivity contribution >= 4 is 6.08 Å². The molecule has 0 atom stereocenters. The van der Waals surface area contributed by atoms with Crippen molar-refractivity contribution in [1.82, 2.24) is 9.97 Å². The molecule has 0 aliphatic rings. The van der Waals surface area contributed by atoms with E-state index in [1.165, 1.54) is 6.33 Å². The lowest BCUT2D eigenvalue weighted by atomic mass is 10.3. The summed E-state index contributed by atoms with van der Waals surface area (Å²) < 4.78 is 0. The van der Waals surface area contributed by atoms with Gasteiger partial charge in [-0.1, -0.05) is 12.2 Å². The van der Waals surface area contributed by atoms with Gasteiger partial charge in [0.15, 0.2) is 0 Å². The Kier molecular flexibility index (Phi) is 1.96. The average molecular weight is 120 g/mol. The van der Waals surface area contributed by atoms with E-state index >= 15 is 0 Å². The molecule has 0 aliphatic heterocycles. The molecular weight excluding hydrogens is 112 g/mol. The third-order valence-corrected chi connectivity index (χ3v) is 0.940. The second kappa shape index (κ2) is 2.97. The molecule has 9 heavy (non-hydrogen) atoms. The van der Waals surface area contributed by atoms with Gasteiger partial charge in [-0.3, -0.25) is 0 Å². The van der Waals surface area contributed by atoms with Gasteiger partial charge >= 0.3 is 0 Å². The molecule has 1 aromatic heterocycles. The molecule has 0 aliphatic carbocycles. The highest BCUT2D eigenvalue weighted by atomic mass is 14.8. The van der Waals surface area contributed by atoms with E-state index in [1.54, 1.807) is 12.4 Å². The number of aromatic nitrogens is 2. The van der Waals surface area contributed by atoms with Crippen LogP contribution in [0.1, 0.15) is 12.5 Å². The van der Waals surface area contributed by atoms with E-state index in [2.05, 4.69) is 9.97 Å². The fourth-order valence-corrected chi connectivity index (χ4v) is 0.589. The first-order valence-electron chi connectivity index (χ1n) is 2.81. The summed E-state index contributed by atoms with van der Waals surface area (Å²) in [4.78, 5) is 7.68. The number of allylic oxidation sites excluding steroid dienone is 1. The normalized spacial score (nSPS) is 10.3. The zero-order chi connectivity index (χ0) is 6.53. The highest BCUT2D eigenvalue weighted by Crippen LogP contribution is 1.94. The van der Waals surface area contributed by atoms with Crippen molar-refractivity contribution in [3.63, 3.8) is 0 Å². The van der Waals surface area contributed by atoms with Crippen LogP contribution in [0.25, 0.3) is 6.08 Å². The zero-order valence-corrected chi connectivity index (χ0v) is 5.28. The maximum Gasteiger partial charge on any atom is 0.115 e. The summed E-state index contributed by atoms with van der Waals surface area (Å²) in [6.07, 6.45) is 8.98. The van der Waals surface area contributed by atoms with Crippen molar-refractivity contribution in [1.29, 1.82) is 0 Å². The third-order valence-electron chi connectivity index (χ3n) is 0.940. The van der Waals surface area contributed by atoms with Gasteiger partial charge in [-0.25, -0.2) is 9.97 Å². The van der Waals surface area contributed by atoms with Gasteiger partial charge in [0.05, 0.1) is 0 Å². The fourth-order valence-electron chi connectivity index (χ4n) is 0.589. The summed E-state index contributed by atoms with van der Waals surface area (Å²) in [5.41, 5.74) is 1.04. The molecule has 0 N–H and O–H groups in total. The minimum Gasteiger partial charge on any atom is -0.244 e. The maximum atomic E-state index is 3.84. The van der Waals surface area contributed by atoms with Crippen LogP contribution in [0.5, 0.6) is 0 Å². The number of nitrogens with zero attached hydrogens (tertiary/aromatic N) is 2. The summed E-state index contributed by atoms with van der Waals surface area (Å²) in [5.74, 6) is 0. The molecule has 1 aromatic rings. The average Bonchev–Trinajstić information content (AvgIpc) is 1.91. The fraction of sp³-hybridized carbons (Fsp3) is 0.143. The lowest BCUT2D eigenvalue weighted by molar-refractivity contribution is 1.16. The van der Waals surface area contributed by atoms with Crippen LogP contribution in [0, 0.1) is 0 Å². The van der Waals surface area contributed by atoms with Gasteiger partial charge in [0.25, 0.3) is 0 Å². The summed E-state index contributed by atoms with van der Waals surface area (Å²) in [7, 11) is 0. The van der Waals surface area contributed by atoms with E-state index in [0.717, 1.165) is 5.56 Å². The molecule has 0 saturated heterocycles. The van der Waals surface area contributed by atoms with Gasteiger partial charge in [-0.2, -0.15) is 0 Å². The number of hydrogen-bond donors (Lipinski definition) is 0. The smallest absolute Gasteiger partial charge is 0.115 e. The molecular formula is C7H8N2. The minimum absolute atomic E-state index is 1.04. The molecule has 1 rings (SSSR count). The van der Waals surface area contributed by atoms with E-state index in [0.29, 0.717) is 0 Å². The van der Waals surface area contributed by atoms with E-state index in [9.17, 15) is 0 Å². The molecule has 1 heterocycles. The van der Waals surface area contributed by atoms with Crippen LogP contribution in [0.2, 0.25) is 0 Å². The first kappa shape index (κ1) is 5.95. The molecule has 0 amide bonds. The Bertz CT molecular complexity index is 191. The molecule has 0 saturated carbocycles. The Morgan fingerprint density at radius 2 is 2.00 bits per heavy atom. The SMILES string of the molecule is C/C=C/c1cncnc1. The molecule has 0 fully saturated rings. The van der Waals surface area contributed by atoms with Crippen molar-refractivity contribution in [3.8, 4) is 0 Å². The van der Waals surface area contributed by atoms with E-state index < -0.39 is 0 Å². The van der Waals surface area contributed by atoms with Crippen molar-refractivity contribution < 1.29 is 0 Å². The first-order chi connectivity index (χ1) is 4.43. The molecule has 46 valence electrons. The predicted molar refractivity (Wildman–Crippen MR) is 36.7 cm³/mol. The van der Waals surface area contributed by atoms with Crippen LogP contribution >= 0.6 is 0 Å². The highest BCUT2D eigenvalue weighted by Gasteiger charge is 1.79. The quantitative estimate of drug-likeness (QED) is 0.561. The summed E-state index contributed by atoms with van der Waals surface area (Å²) in [6, 6.07) is 0. The van der Waals surface area contributed by atoms with E-state index in [-0.39, 0.29) is 0 Å². The third kappa shape index (κ3) is 1.64. The summed E-state index contributed by atoms with van der Waals surface area (Å²) >= 11 is 0. The van der Waals surface area contributed by atoms with Gasteiger partial charge in [0.2, 0.25) is 0 Å². The van der Waals surface area contributed by atoms with Crippen molar-refractivity contribution in [2.24, 2.45) is 0 Å². The van der Waals surface area contributed by atoms with Crippen molar-refractivity contribution in [2.45, 2.75) is 6.92 Å². The van der Waals surface area contributed by atoms with Crippen LogP contribution in [-0.4, -0.2) is 9.97 Å². The van der Waals surface area contributed by atoms with Crippen LogP contribution < -0.4 is 0 Å². The molecule has 2 nitrogen and oxygen atoms in total. The van der Waals surface area contributed by atoms with E-state index in [1.807, 2.05) is 19.1 Å². The van der Waals surface area contributed by atoms with Gasteiger partial charge in [-0.15, -0.1) is 0 Å². The Hall–Kier alpha value is -1.18. The Morgan fingerprint density at radius 3 is 2.56 bits per heavy atom. The number of rotatable bonds is 1. The van der Waals surface area contributed by atoms with Crippen LogP contribution in [-0.2, 0) is 0 Å². The monoisotopic (exact) mass is 120 g/mol. The zero-order valence-electron chi connectivity index (χ0n) is 5.28. The second-order valence-corrected chi connectivity index (χ2v) is 1.67. The lowest BCUT2D eigenvalue weighted by Gasteiger charge is -1.85. The molecule has 2 heteroatoms. The van der Waals surface area contributed by atoms with E-state index in [4.69, 9.17) is 0 Å². The maximum absolute atomic E-state index is 3.84. The molecule has 0 unspecified atom stereocenters. The minimum atomic E-state index is 1.04. The Labute approximate surface area is 54.3 Å². The molecule has 0 radical (unpaired) electrons. The predicted octanol–water partition coefficient (Wildman–Crippen LogP) is 1.51. The second-order valence-electron chi connectivity index (χ2n) is 1.67. The van der Waals surface area contributed by atoms with Gasteiger partial charge in [-0.05, 0) is 6.92 Å². The van der Waals surface area contributed by atoms with Gasteiger partial charge in [0.1, 0.15) is 6.33 Å². The molecule has 0 bridgehead atoms. The van der Waals surface area contributed by atoms with Crippen LogP contribution in [0.3, 0.4) is 0 Å². The topological polar surface area (TPSA) is 25.8 Å². The Balaban J connectivity index is 2.85. The Morgan fingerprint density at radius 1 is 1.33 bits per heavy atom. The summed E-state index contributed by atoms with van der Waals surface area (Å²) in [5, 5.41) is 0. The van der Waals surface area contributed by atoms with Crippen molar-refractivity contribution in [3.05, 3.63) is 30.4 Å². The van der Waals surface area contributed by atoms with Crippen LogP contribution in [0.15, 0.2) is 24.8 Å².